The molecular weight excluding hydrogens is 380 g/mol. The van der Waals surface area contributed by atoms with Gasteiger partial charge in [0.05, 0.1) is 12.2 Å². The molecule has 2 saturated heterocycles. The summed E-state index contributed by atoms with van der Waals surface area (Å²) in [5.74, 6) is 1.54. The monoisotopic (exact) mass is 412 g/mol. The van der Waals surface area contributed by atoms with E-state index in [0.29, 0.717) is 17.8 Å². The van der Waals surface area contributed by atoms with E-state index in [9.17, 15) is 4.79 Å². The smallest absolute Gasteiger partial charge is 0.255 e. The molecule has 0 saturated carbocycles. The van der Waals surface area contributed by atoms with E-state index in [-0.39, 0.29) is 5.56 Å². The van der Waals surface area contributed by atoms with Crippen molar-refractivity contribution in [3.05, 3.63) is 49.8 Å². The molecule has 5 rings (SSSR count). The van der Waals surface area contributed by atoms with Gasteiger partial charge in [-0.1, -0.05) is 19.9 Å². The summed E-state index contributed by atoms with van der Waals surface area (Å²) in [6, 6.07) is 4.36. The summed E-state index contributed by atoms with van der Waals surface area (Å²) in [5.41, 5.74) is 3.71. The van der Waals surface area contributed by atoms with Gasteiger partial charge in [0.2, 0.25) is 0 Å². The van der Waals surface area contributed by atoms with Crippen LogP contribution in [0.5, 0.6) is 0 Å². The molecule has 5 heterocycles. The van der Waals surface area contributed by atoms with Crippen molar-refractivity contribution in [1.29, 1.82) is 0 Å². The fourth-order valence-corrected chi connectivity index (χ4v) is 6.37. The third-order valence-corrected chi connectivity index (χ3v) is 7.72. The van der Waals surface area contributed by atoms with Crippen LogP contribution in [-0.2, 0) is 19.6 Å². The third kappa shape index (κ3) is 3.94. The normalized spacial score (nSPS) is 24.9. The van der Waals surface area contributed by atoms with Gasteiger partial charge in [-0.2, -0.15) is 0 Å². The van der Waals surface area contributed by atoms with Crippen LogP contribution in [0.4, 0.5) is 0 Å². The minimum absolute atomic E-state index is 0.263. The zero-order chi connectivity index (χ0) is 20.0. The van der Waals surface area contributed by atoms with Crippen molar-refractivity contribution in [3.8, 4) is 0 Å². The predicted molar refractivity (Wildman–Crippen MR) is 118 cm³/mol. The standard InChI is InChI=1S/C23H32N4OS/c1-16(2)20-15-29-22(24-20)14-26-10-17-9-19(13-26)21-6-5-18(23(28)27(21)11-17)12-25-7-3-4-8-25/h5-6,15-17,19H,3-4,7-14H2,1-2H3/t17-,19+/m0/s1. The highest BCUT2D eigenvalue weighted by molar-refractivity contribution is 7.09. The Morgan fingerprint density at radius 2 is 1.93 bits per heavy atom. The topological polar surface area (TPSA) is 41.4 Å². The summed E-state index contributed by atoms with van der Waals surface area (Å²) in [5, 5.41) is 3.44. The van der Waals surface area contributed by atoms with Gasteiger partial charge in [0.1, 0.15) is 5.01 Å². The lowest BCUT2D eigenvalue weighted by atomic mass is 9.83. The van der Waals surface area contributed by atoms with Crippen molar-refractivity contribution in [3.63, 3.8) is 0 Å². The Labute approximate surface area is 177 Å². The second-order valence-corrected chi connectivity index (χ2v) is 10.4. The molecule has 2 atom stereocenters. The molecule has 2 bridgehead atoms. The molecule has 5 nitrogen and oxygen atoms in total. The van der Waals surface area contributed by atoms with Gasteiger partial charge >= 0.3 is 0 Å². The molecule has 0 amide bonds. The Morgan fingerprint density at radius 1 is 1.10 bits per heavy atom. The van der Waals surface area contributed by atoms with Gasteiger partial charge in [0, 0.05) is 48.7 Å². The summed E-state index contributed by atoms with van der Waals surface area (Å²) in [6.45, 7) is 11.4. The predicted octanol–water partition coefficient (Wildman–Crippen LogP) is 3.64. The zero-order valence-electron chi connectivity index (χ0n) is 17.6. The van der Waals surface area contributed by atoms with Gasteiger partial charge in [-0.05, 0) is 50.3 Å². The summed E-state index contributed by atoms with van der Waals surface area (Å²) < 4.78 is 2.11. The Kier molecular flexibility index (Phi) is 5.35. The first-order valence-electron chi connectivity index (χ1n) is 11.2. The highest BCUT2D eigenvalue weighted by atomic mass is 32.1. The number of thiazole rings is 1. The summed E-state index contributed by atoms with van der Waals surface area (Å²) in [4.78, 5) is 23.0. The van der Waals surface area contributed by atoms with Gasteiger partial charge < -0.3 is 4.57 Å². The summed E-state index contributed by atoms with van der Waals surface area (Å²) >= 11 is 1.79. The van der Waals surface area contributed by atoms with E-state index in [0.717, 1.165) is 51.4 Å². The number of fused-ring (bicyclic) bond motifs is 4. The van der Waals surface area contributed by atoms with E-state index < -0.39 is 0 Å². The van der Waals surface area contributed by atoms with Crippen LogP contribution >= 0.6 is 11.3 Å². The molecule has 0 aliphatic carbocycles. The second-order valence-electron chi connectivity index (χ2n) is 9.50. The minimum Gasteiger partial charge on any atom is -0.312 e. The molecule has 0 spiro atoms. The van der Waals surface area contributed by atoms with Gasteiger partial charge in [-0.15, -0.1) is 11.3 Å². The minimum atomic E-state index is 0.263. The SMILES string of the molecule is CC(C)c1csc(CN2C[C@@H]3C[C@H](C2)c2ccc(CN4CCCC4)c(=O)n2C3)n1. The van der Waals surface area contributed by atoms with Crippen molar-refractivity contribution in [2.75, 3.05) is 26.2 Å². The van der Waals surface area contributed by atoms with Crippen molar-refractivity contribution < 1.29 is 0 Å². The van der Waals surface area contributed by atoms with Crippen molar-refractivity contribution in [2.45, 2.75) is 64.6 Å². The lowest BCUT2D eigenvalue weighted by molar-refractivity contribution is 0.114. The average Bonchev–Trinajstić information content (AvgIpc) is 3.36. The van der Waals surface area contributed by atoms with Gasteiger partial charge in [0.15, 0.2) is 0 Å². The maximum atomic E-state index is 13.2. The number of nitrogens with zero attached hydrogens (tertiary/aromatic N) is 4. The number of likely N-dealkylation sites (tertiary alicyclic amines) is 2. The Balaban J connectivity index is 1.32. The van der Waals surface area contributed by atoms with Crippen LogP contribution in [0, 0.1) is 5.92 Å². The van der Waals surface area contributed by atoms with Gasteiger partial charge in [-0.25, -0.2) is 4.98 Å². The van der Waals surface area contributed by atoms with E-state index in [4.69, 9.17) is 4.98 Å². The fourth-order valence-electron chi connectivity index (χ4n) is 5.38. The maximum Gasteiger partial charge on any atom is 0.255 e. The number of piperidine rings is 1. The number of pyridine rings is 1. The lowest BCUT2D eigenvalue weighted by Gasteiger charge is -2.42. The highest BCUT2D eigenvalue weighted by Crippen LogP contribution is 2.36. The molecule has 3 aliphatic heterocycles. The number of aromatic nitrogens is 2. The van der Waals surface area contributed by atoms with E-state index in [1.807, 2.05) is 0 Å². The fraction of sp³-hybridized carbons (Fsp3) is 0.652. The highest BCUT2D eigenvalue weighted by Gasteiger charge is 2.35. The molecule has 2 aromatic heterocycles. The number of hydrogen-bond donors (Lipinski definition) is 0. The van der Waals surface area contributed by atoms with Crippen LogP contribution in [0.2, 0.25) is 0 Å². The molecule has 3 aliphatic rings. The molecule has 0 unspecified atom stereocenters. The van der Waals surface area contributed by atoms with Crippen molar-refractivity contribution >= 4 is 11.3 Å². The average molecular weight is 413 g/mol. The quantitative estimate of drug-likeness (QED) is 0.752. The molecule has 6 heteroatoms. The Bertz CT molecular complexity index is 927. The van der Waals surface area contributed by atoms with Gasteiger partial charge in [0.25, 0.3) is 5.56 Å². The van der Waals surface area contributed by atoms with Crippen LogP contribution in [0.15, 0.2) is 22.3 Å². The van der Waals surface area contributed by atoms with Crippen LogP contribution < -0.4 is 5.56 Å². The number of hydrogen-bond acceptors (Lipinski definition) is 5. The summed E-state index contributed by atoms with van der Waals surface area (Å²) in [7, 11) is 0. The lowest BCUT2D eigenvalue weighted by Crippen LogP contribution is -2.47. The van der Waals surface area contributed by atoms with Gasteiger partial charge in [-0.3, -0.25) is 14.6 Å². The molecule has 29 heavy (non-hydrogen) atoms. The maximum absolute atomic E-state index is 13.2. The Hall–Kier alpha value is -1.50. The van der Waals surface area contributed by atoms with Crippen molar-refractivity contribution in [1.82, 2.24) is 19.4 Å². The van der Waals surface area contributed by atoms with E-state index in [2.05, 4.69) is 45.7 Å². The third-order valence-electron chi connectivity index (χ3n) is 6.87. The number of rotatable bonds is 5. The first-order valence-corrected chi connectivity index (χ1v) is 12.1. The zero-order valence-corrected chi connectivity index (χ0v) is 18.5. The van der Waals surface area contributed by atoms with Crippen LogP contribution in [-0.4, -0.2) is 45.5 Å². The first-order chi connectivity index (χ1) is 14.1. The van der Waals surface area contributed by atoms with E-state index >= 15 is 0 Å². The van der Waals surface area contributed by atoms with Crippen LogP contribution in [0.1, 0.15) is 66.9 Å². The second kappa shape index (κ2) is 7.97. The summed E-state index contributed by atoms with van der Waals surface area (Å²) in [6.07, 6.45) is 3.75. The molecule has 0 N–H and O–H groups in total. The molecule has 0 aromatic carbocycles. The molecular formula is C23H32N4OS. The van der Waals surface area contributed by atoms with E-state index in [1.54, 1.807) is 11.3 Å². The molecule has 2 fully saturated rings. The van der Waals surface area contributed by atoms with Crippen LogP contribution in [0.25, 0.3) is 0 Å². The van der Waals surface area contributed by atoms with Crippen molar-refractivity contribution in [2.24, 2.45) is 5.92 Å². The molecule has 2 aromatic rings. The van der Waals surface area contributed by atoms with E-state index in [1.165, 1.54) is 35.7 Å². The Morgan fingerprint density at radius 3 is 2.69 bits per heavy atom. The molecule has 0 radical (unpaired) electrons. The first kappa shape index (κ1) is 19.5. The largest absolute Gasteiger partial charge is 0.312 e. The van der Waals surface area contributed by atoms with Crippen LogP contribution in [0.3, 0.4) is 0 Å². The molecule has 156 valence electrons.